The SMILES string of the molecule is CCOC(=O)c1cc(-c2ccc([Si](C)(C)C)s2)c(CC)cc1-c1ccc([Si](C)(C)C)s1. The fraction of sp³-hybridized carbons (Fsp3) is 0.400. The van der Waals surface area contributed by atoms with Crippen LogP contribution in [0.4, 0.5) is 0 Å². The molecule has 2 heterocycles. The van der Waals surface area contributed by atoms with E-state index in [2.05, 4.69) is 82.6 Å². The van der Waals surface area contributed by atoms with E-state index in [0.717, 1.165) is 16.9 Å². The Balaban J connectivity index is 2.19. The molecule has 0 aliphatic heterocycles. The number of benzene rings is 1. The molecule has 0 radical (unpaired) electrons. The van der Waals surface area contributed by atoms with Crippen LogP contribution in [0, 0.1) is 0 Å². The summed E-state index contributed by atoms with van der Waals surface area (Å²) in [5.74, 6) is -0.230. The Morgan fingerprint density at radius 2 is 1.32 bits per heavy atom. The van der Waals surface area contributed by atoms with Gasteiger partial charge in [0, 0.05) is 15.3 Å². The van der Waals surface area contributed by atoms with Crippen LogP contribution in [0.15, 0.2) is 36.4 Å². The maximum absolute atomic E-state index is 13.0. The summed E-state index contributed by atoms with van der Waals surface area (Å²) in [5, 5.41) is 0. The van der Waals surface area contributed by atoms with Crippen LogP contribution in [-0.4, -0.2) is 28.7 Å². The van der Waals surface area contributed by atoms with Crippen molar-refractivity contribution < 1.29 is 9.53 Å². The summed E-state index contributed by atoms with van der Waals surface area (Å²) in [6, 6.07) is 13.3. The van der Waals surface area contributed by atoms with E-state index in [-0.39, 0.29) is 5.97 Å². The van der Waals surface area contributed by atoms with Gasteiger partial charge in [0.25, 0.3) is 0 Å². The van der Waals surface area contributed by atoms with Crippen molar-refractivity contribution in [2.45, 2.75) is 59.6 Å². The molecule has 0 aliphatic carbocycles. The van der Waals surface area contributed by atoms with Gasteiger partial charge in [-0.3, -0.25) is 0 Å². The lowest BCUT2D eigenvalue weighted by Crippen LogP contribution is -2.34. The molecule has 0 atom stereocenters. The molecule has 2 nitrogen and oxygen atoms in total. The van der Waals surface area contributed by atoms with Crippen molar-refractivity contribution in [2.75, 3.05) is 6.61 Å². The number of hydrogen-bond donors (Lipinski definition) is 0. The predicted molar refractivity (Wildman–Crippen MR) is 144 cm³/mol. The first-order valence-electron chi connectivity index (χ1n) is 11.0. The summed E-state index contributed by atoms with van der Waals surface area (Å²) in [6.45, 7) is 18.7. The molecule has 3 aromatic rings. The average Bonchev–Trinajstić information content (AvgIpc) is 3.36. The first-order valence-corrected chi connectivity index (χ1v) is 19.6. The number of thiophene rings is 2. The number of rotatable bonds is 7. The van der Waals surface area contributed by atoms with Crippen molar-refractivity contribution in [3.8, 4) is 20.9 Å². The average molecular weight is 487 g/mol. The van der Waals surface area contributed by atoms with E-state index in [1.54, 1.807) is 0 Å². The van der Waals surface area contributed by atoms with Gasteiger partial charge in [-0.25, -0.2) is 4.79 Å². The van der Waals surface area contributed by atoms with Gasteiger partial charge in [0.05, 0.1) is 28.3 Å². The molecular formula is C25H34O2S2Si2. The Kier molecular flexibility index (Phi) is 7.16. The Bertz CT molecular complexity index is 1080. The third-order valence-electron chi connectivity index (χ3n) is 5.34. The number of hydrogen-bond acceptors (Lipinski definition) is 4. The molecule has 0 aliphatic rings. The van der Waals surface area contributed by atoms with Crippen molar-refractivity contribution in [2.24, 2.45) is 0 Å². The van der Waals surface area contributed by atoms with Crippen LogP contribution in [0.1, 0.15) is 29.8 Å². The van der Waals surface area contributed by atoms with Crippen molar-refractivity contribution >= 4 is 53.8 Å². The van der Waals surface area contributed by atoms with Gasteiger partial charge in [0.1, 0.15) is 0 Å². The smallest absolute Gasteiger partial charge is 0.338 e. The zero-order valence-corrected chi connectivity index (χ0v) is 23.6. The lowest BCUT2D eigenvalue weighted by molar-refractivity contribution is 0.0527. The summed E-state index contributed by atoms with van der Waals surface area (Å²) in [5.41, 5.74) is 4.15. The van der Waals surface area contributed by atoms with Gasteiger partial charge in [-0.05, 0) is 57.7 Å². The predicted octanol–water partition coefficient (Wildman–Crippen LogP) is 6.97. The number of carbonyl (C=O) groups is 1. The quantitative estimate of drug-likeness (QED) is 0.266. The number of aryl methyl sites for hydroxylation is 1. The van der Waals surface area contributed by atoms with E-state index in [0.29, 0.717) is 12.2 Å². The van der Waals surface area contributed by atoms with Gasteiger partial charge >= 0.3 is 5.97 Å². The summed E-state index contributed by atoms with van der Waals surface area (Å²) in [4.78, 5) is 15.4. The highest BCUT2D eigenvalue weighted by atomic mass is 32.1. The van der Waals surface area contributed by atoms with Crippen LogP contribution in [0.3, 0.4) is 0 Å². The second kappa shape index (κ2) is 9.18. The highest BCUT2D eigenvalue weighted by Gasteiger charge is 2.24. The monoisotopic (exact) mass is 486 g/mol. The highest BCUT2D eigenvalue weighted by Crippen LogP contribution is 2.37. The molecule has 0 spiro atoms. The highest BCUT2D eigenvalue weighted by molar-refractivity contribution is 7.29. The molecule has 3 rings (SSSR count). The Morgan fingerprint density at radius 3 is 1.74 bits per heavy atom. The van der Waals surface area contributed by atoms with E-state index in [1.165, 1.54) is 25.0 Å². The summed E-state index contributed by atoms with van der Waals surface area (Å²) >= 11 is 3.72. The van der Waals surface area contributed by atoms with E-state index in [4.69, 9.17) is 4.74 Å². The molecule has 31 heavy (non-hydrogen) atoms. The first kappa shape index (κ1) is 24.2. The molecule has 1 aromatic carbocycles. The van der Waals surface area contributed by atoms with Crippen LogP contribution in [-0.2, 0) is 11.2 Å². The van der Waals surface area contributed by atoms with E-state index in [1.807, 2.05) is 29.6 Å². The van der Waals surface area contributed by atoms with Gasteiger partial charge in [0.2, 0.25) is 0 Å². The van der Waals surface area contributed by atoms with E-state index < -0.39 is 16.1 Å². The van der Waals surface area contributed by atoms with Crippen LogP contribution in [0.25, 0.3) is 20.9 Å². The fourth-order valence-corrected chi connectivity index (χ4v) is 9.39. The third-order valence-corrected chi connectivity index (χ3v) is 14.8. The van der Waals surface area contributed by atoms with Crippen LogP contribution in [0.5, 0.6) is 0 Å². The van der Waals surface area contributed by atoms with Gasteiger partial charge in [-0.2, -0.15) is 0 Å². The molecule has 6 heteroatoms. The number of esters is 1. The normalized spacial score (nSPS) is 12.3. The number of carbonyl (C=O) groups excluding carboxylic acids is 1. The van der Waals surface area contributed by atoms with Crippen molar-refractivity contribution in [1.82, 2.24) is 0 Å². The van der Waals surface area contributed by atoms with E-state index >= 15 is 0 Å². The lowest BCUT2D eigenvalue weighted by atomic mass is 9.95. The second-order valence-electron chi connectivity index (χ2n) is 9.96. The minimum Gasteiger partial charge on any atom is -0.462 e. The Hall–Kier alpha value is -1.48. The maximum Gasteiger partial charge on any atom is 0.338 e. The van der Waals surface area contributed by atoms with Crippen molar-refractivity contribution in [3.05, 3.63) is 47.5 Å². The largest absolute Gasteiger partial charge is 0.462 e. The second-order valence-corrected chi connectivity index (χ2v) is 22.9. The minimum atomic E-state index is -1.40. The molecule has 0 unspecified atom stereocenters. The Morgan fingerprint density at radius 1 is 0.806 bits per heavy atom. The van der Waals surface area contributed by atoms with Crippen LogP contribution >= 0.6 is 22.7 Å². The molecule has 0 saturated heterocycles. The molecule has 166 valence electrons. The third kappa shape index (κ3) is 5.30. The van der Waals surface area contributed by atoms with Gasteiger partial charge in [-0.1, -0.05) is 58.3 Å². The molecule has 0 saturated carbocycles. The fourth-order valence-electron chi connectivity index (χ4n) is 3.52. The molecule has 0 amide bonds. The minimum absolute atomic E-state index is 0.230. The molecule has 0 fully saturated rings. The van der Waals surface area contributed by atoms with Gasteiger partial charge in [-0.15, -0.1) is 22.7 Å². The van der Waals surface area contributed by atoms with Crippen LogP contribution in [0.2, 0.25) is 39.3 Å². The molecule has 2 aromatic heterocycles. The zero-order valence-electron chi connectivity index (χ0n) is 20.0. The standard InChI is InChI=1S/C25H34O2S2Si2/c1-9-17-15-19(22-12-14-24(29-22)31(6,7)8)20(25(26)27-10-2)16-18(17)21-11-13-23(28-21)30(3,4)5/h11-16H,9-10H2,1-8H3. The van der Waals surface area contributed by atoms with Crippen LogP contribution < -0.4 is 9.00 Å². The molecule has 0 bridgehead atoms. The topological polar surface area (TPSA) is 26.3 Å². The summed E-state index contributed by atoms with van der Waals surface area (Å²) in [6.07, 6.45) is 0.928. The van der Waals surface area contributed by atoms with Crippen molar-refractivity contribution in [1.29, 1.82) is 0 Å². The van der Waals surface area contributed by atoms with Gasteiger partial charge < -0.3 is 4.74 Å². The Labute approximate surface area is 197 Å². The van der Waals surface area contributed by atoms with Gasteiger partial charge in [0.15, 0.2) is 0 Å². The zero-order chi connectivity index (χ0) is 23.0. The first-order chi connectivity index (χ1) is 14.5. The summed E-state index contributed by atoms with van der Waals surface area (Å²) in [7, 11) is -2.77. The summed E-state index contributed by atoms with van der Waals surface area (Å²) < 4.78 is 8.42. The maximum atomic E-state index is 13.0. The molecule has 0 N–H and O–H groups in total. The number of ether oxygens (including phenoxy) is 1. The van der Waals surface area contributed by atoms with Crippen molar-refractivity contribution in [3.63, 3.8) is 0 Å². The lowest BCUT2D eigenvalue weighted by Gasteiger charge is -2.15. The van der Waals surface area contributed by atoms with E-state index in [9.17, 15) is 4.79 Å². The molecular weight excluding hydrogens is 453 g/mol.